The van der Waals surface area contributed by atoms with E-state index in [-0.39, 0.29) is 0 Å². The molecule has 0 radical (unpaired) electrons. The van der Waals surface area contributed by atoms with Gasteiger partial charge in [0.1, 0.15) is 18.0 Å². The van der Waals surface area contributed by atoms with Gasteiger partial charge in [-0.3, -0.25) is 0 Å². The summed E-state index contributed by atoms with van der Waals surface area (Å²) in [5.41, 5.74) is 3.34. The minimum absolute atomic E-state index is 0.550. The fraction of sp³-hybridized carbons (Fsp3) is 0.167. The van der Waals surface area contributed by atoms with Gasteiger partial charge < -0.3 is 9.84 Å². The van der Waals surface area contributed by atoms with Crippen LogP contribution in [0.2, 0.25) is 0 Å². The lowest BCUT2D eigenvalue weighted by Crippen LogP contribution is -2.01. The molecule has 2 aromatic rings. The normalized spacial score (nSPS) is 9.75. The number of aromatic nitrogens is 1. The number of nitrogens with one attached hydrogen (secondary N) is 1. The highest BCUT2D eigenvalue weighted by atomic mass is 16.5. The summed E-state index contributed by atoms with van der Waals surface area (Å²) >= 11 is 0. The molecule has 80 valence electrons. The number of hydrogen-bond acceptors (Lipinski definition) is 4. The van der Waals surface area contributed by atoms with Crippen LogP contribution in [0.25, 0.3) is 0 Å². The maximum atomic E-state index is 8.98. The Labute approximate surface area is 93.5 Å². The maximum Gasteiger partial charge on any atom is 0.124 e. The Hall–Kier alpha value is -2.28. The van der Waals surface area contributed by atoms with Gasteiger partial charge in [0.05, 0.1) is 17.8 Å². The Kier molecular flexibility index (Phi) is 2.88. The standard InChI is InChI=1S/C12H11N3O/c1-9-2-3-12(10(6-9)7-13)14-8-11-4-5-16-15-11/h2-6,14H,8H2,1H3. The monoisotopic (exact) mass is 213 g/mol. The number of nitrogens with zero attached hydrogens (tertiary/aromatic N) is 2. The SMILES string of the molecule is Cc1ccc(NCc2ccon2)c(C#N)c1. The highest BCUT2D eigenvalue weighted by Gasteiger charge is 2.02. The Morgan fingerprint density at radius 1 is 1.44 bits per heavy atom. The lowest BCUT2D eigenvalue weighted by atomic mass is 10.1. The lowest BCUT2D eigenvalue weighted by molar-refractivity contribution is 0.412. The van der Waals surface area contributed by atoms with E-state index in [9.17, 15) is 0 Å². The summed E-state index contributed by atoms with van der Waals surface area (Å²) in [5, 5.41) is 15.9. The van der Waals surface area contributed by atoms with Gasteiger partial charge in [0.2, 0.25) is 0 Å². The quantitative estimate of drug-likeness (QED) is 0.850. The molecule has 0 aliphatic rings. The van der Waals surface area contributed by atoms with Crippen molar-refractivity contribution in [1.82, 2.24) is 5.16 Å². The second kappa shape index (κ2) is 4.49. The van der Waals surface area contributed by atoms with Gasteiger partial charge in [0.15, 0.2) is 0 Å². The van der Waals surface area contributed by atoms with Crippen LogP contribution in [0.15, 0.2) is 35.1 Å². The van der Waals surface area contributed by atoms with E-state index in [0.717, 1.165) is 16.9 Å². The van der Waals surface area contributed by atoms with E-state index in [1.54, 1.807) is 6.07 Å². The highest BCUT2D eigenvalue weighted by molar-refractivity contribution is 5.58. The van der Waals surface area contributed by atoms with E-state index in [1.807, 2.05) is 25.1 Å². The first-order chi connectivity index (χ1) is 7.79. The van der Waals surface area contributed by atoms with Gasteiger partial charge in [-0.2, -0.15) is 5.26 Å². The second-order valence-corrected chi connectivity index (χ2v) is 3.51. The molecule has 4 nitrogen and oxygen atoms in total. The van der Waals surface area contributed by atoms with Crippen LogP contribution in [0.1, 0.15) is 16.8 Å². The molecule has 0 fully saturated rings. The molecule has 1 N–H and O–H groups in total. The number of anilines is 1. The van der Waals surface area contributed by atoms with Crippen LogP contribution >= 0.6 is 0 Å². The molecule has 0 saturated heterocycles. The largest absolute Gasteiger partial charge is 0.378 e. The van der Waals surface area contributed by atoms with E-state index in [2.05, 4.69) is 16.5 Å². The van der Waals surface area contributed by atoms with Crippen molar-refractivity contribution in [2.45, 2.75) is 13.5 Å². The zero-order chi connectivity index (χ0) is 11.4. The van der Waals surface area contributed by atoms with Gasteiger partial charge in [0.25, 0.3) is 0 Å². The fourth-order valence-electron chi connectivity index (χ4n) is 1.42. The molecule has 0 spiro atoms. The smallest absolute Gasteiger partial charge is 0.124 e. The summed E-state index contributed by atoms with van der Waals surface area (Å²) in [5.74, 6) is 0. The van der Waals surface area contributed by atoms with Gasteiger partial charge in [-0.1, -0.05) is 11.2 Å². The average molecular weight is 213 g/mol. The first kappa shape index (κ1) is 10.2. The van der Waals surface area contributed by atoms with Gasteiger partial charge >= 0.3 is 0 Å². The molecule has 2 rings (SSSR count). The number of rotatable bonds is 3. The lowest BCUT2D eigenvalue weighted by Gasteiger charge is -2.06. The summed E-state index contributed by atoms with van der Waals surface area (Å²) in [6.45, 7) is 2.51. The van der Waals surface area contributed by atoms with E-state index >= 15 is 0 Å². The molecule has 0 saturated carbocycles. The number of benzene rings is 1. The van der Waals surface area contributed by atoms with Crippen LogP contribution in [-0.4, -0.2) is 5.16 Å². The fourth-order valence-corrected chi connectivity index (χ4v) is 1.42. The number of aryl methyl sites for hydroxylation is 1. The molecule has 0 aliphatic heterocycles. The van der Waals surface area contributed by atoms with E-state index in [4.69, 9.17) is 9.78 Å². The van der Waals surface area contributed by atoms with Gasteiger partial charge in [-0.15, -0.1) is 0 Å². The predicted octanol–water partition coefficient (Wildman–Crippen LogP) is 2.47. The summed E-state index contributed by atoms with van der Waals surface area (Å²) in [6.07, 6.45) is 1.53. The average Bonchev–Trinajstić information content (AvgIpc) is 2.80. The summed E-state index contributed by atoms with van der Waals surface area (Å²) in [7, 11) is 0. The Morgan fingerprint density at radius 3 is 3.00 bits per heavy atom. The molecule has 1 heterocycles. The van der Waals surface area contributed by atoms with Crippen molar-refractivity contribution in [3.8, 4) is 6.07 Å². The third kappa shape index (κ3) is 2.20. The summed E-state index contributed by atoms with van der Waals surface area (Å²) in [4.78, 5) is 0. The van der Waals surface area contributed by atoms with Crippen molar-refractivity contribution < 1.29 is 4.52 Å². The van der Waals surface area contributed by atoms with Crippen LogP contribution in [-0.2, 0) is 6.54 Å². The molecule has 0 bridgehead atoms. The summed E-state index contributed by atoms with van der Waals surface area (Å²) < 4.78 is 4.72. The van der Waals surface area contributed by atoms with Crippen molar-refractivity contribution in [2.24, 2.45) is 0 Å². The van der Waals surface area contributed by atoms with Crippen LogP contribution in [0.5, 0.6) is 0 Å². The molecular formula is C12H11N3O. The third-order valence-electron chi connectivity index (χ3n) is 2.25. The predicted molar refractivity (Wildman–Crippen MR) is 59.7 cm³/mol. The van der Waals surface area contributed by atoms with Crippen molar-refractivity contribution in [3.63, 3.8) is 0 Å². The highest BCUT2D eigenvalue weighted by Crippen LogP contribution is 2.16. The Morgan fingerprint density at radius 2 is 2.31 bits per heavy atom. The van der Waals surface area contributed by atoms with E-state index in [1.165, 1.54) is 6.26 Å². The molecule has 0 amide bonds. The van der Waals surface area contributed by atoms with Crippen LogP contribution < -0.4 is 5.32 Å². The first-order valence-electron chi connectivity index (χ1n) is 4.93. The second-order valence-electron chi connectivity index (χ2n) is 3.51. The molecule has 1 aromatic carbocycles. The third-order valence-corrected chi connectivity index (χ3v) is 2.25. The van der Waals surface area contributed by atoms with Crippen LogP contribution in [0.4, 0.5) is 5.69 Å². The molecule has 0 atom stereocenters. The van der Waals surface area contributed by atoms with Crippen LogP contribution in [0.3, 0.4) is 0 Å². The van der Waals surface area contributed by atoms with E-state index < -0.39 is 0 Å². The van der Waals surface area contributed by atoms with Gasteiger partial charge in [0, 0.05) is 6.07 Å². The molecule has 1 aromatic heterocycles. The maximum absolute atomic E-state index is 8.98. The minimum Gasteiger partial charge on any atom is -0.378 e. The van der Waals surface area contributed by atoms with Crippen molar-refractivity contribution in [3.05, 3.63) is 47.3 Å². The molecular weight excluding hydrogens is 202 g/mol. The van der Waals surface area contributed by atoms with Gasteiger partial charge in [-0.05, 0) is 24.6 Å². The minimum atomic E-state index is 0.550. The molecule has 0 aliphatic carbocycles. The molecule has 4 heteroatoms. The zero-order valence-electron chi connectivity index (χ0n) is 8.90. The van der Waals surface area contributed by atoms with Crippen molar-refractivity contribution >= 4 is 5.69 Å². The Balaban J connectivity index is 2.13. The topological polar surface area (TPSA) is 61.9 Å². The Bertz CT molecular complexity index is 512. The number of nitriles is 1. The molecule has 0 unspecified atom stereocenters. The first-order valence-corrected chi connectivity index (χ1v) is 4.93. The van der Waals surface area contributed by atoms with Gasteiger partial charge in [-0.25, -0.2) is 0 Å². The van der Waals surface area contributed by atoms with Crippen molar-refractivity contribution in [1.29, 1.82) is 5.26 Å². The molecule has 16 heavy (non-hydrogen) atoms. The number of hydrogen-bond donors (Lipinski definition) is 1. The van der Waals surface area contributed by atoms with Crippen LogP contribution in [0, 0.1) is 18.3 Å². The van der Waals surface area contributed by atoms with E-state index in [0.29, 0.717) is 12.1 Å². The summed E-state index contributed by atoms with van der Waals surface area (Å²) in [6, 6.07) is 9.66. The van der Waals surface area contributed by atoms with Crippen molar-refractivity contribution in [2.75, 3.05) is 5.32 Å². The zero-order valence-corrected chi connectivity index (χ0v) is 8.90.